The van der Waals surface area contributed by atoms with Gasteiger partial charge in [0.05, 0.1) is 0 Å². The summed E-state index contributed by atoms with van der Waals surface area (Å²) < 4.78 is 10.7. The zero-order chi connectivity index (χ0) is 22.6. The summed E-state index contributed by atoms with van der Waals surface area (Å²) in [6, 6.07) is 0. The van der Waals surface area contributed by atoms with E-state index in [0.717, 1.165) is 38.5 Å². The van der Waals surface area contributed by atoms with Crippen molar-refractivity contribution >= 4 is 17.7 Å². The highest BCUT2D eigenvalue weighted by molar-refractivity contribution is 5.91. The maximum absolute atomic E-state index is 12.0. The standard InChI is InChI=1S/C25H36O6/c1-15(26)30-14-22(31-16(2)27)25(29)12-9-21-19-6-5-17-13-18(28)7-10-23(17,3)20(19)8-11-24(21,25)4/h13,19-22,29H,5-12,14H2,1-4H3/t19-,20+,21+,22-,23+,24+,25-/m1/s1. The minimum atomic E-state index is -1.22. The molecule has 0 aliphatic heterocycles. The molecule has 4 rings (SSSR count). The van der Waals surface area contributed by atoms with Crippen LogP contribution in [-0.4, -0.2) is 41.1 Å². The highest BCUT2D eigenvalue weighted by Gasteiger charge is 2.66. The molecule has 0 radical (unpaired) electrons. The third kappa shape index (κ3) is 3.46. The molecule has 3 fully saturated rings. The van der Waals surface area contributed by atoms with E-state index in [-0.39, 0.29) is 17.8 Å². The van der Waals surface area contributed by atoms with Gasteiger partial charge in [0.1, 0.15) is 12.2 Å². The van der Waals surface area contributed by atoms with Crippen molar-refractivity contribution < 1.29 is 29.0 Å². The lowest BCUT2D eigenvalue weighted by molar-refractivity contribution is -0.207. The van der Waals surface area contributed by atoms with E-state index in [1.54, 1.807) is 0 Å². The summed E-state index contributed by atoms with van der Waals surface area (Å²) in [4.78, 5) is 35.3. The fraction of sp³-hybridized carbons (Fsp3) is 0.800. The molecule has 0 aromatic heterocycles. The van der Waals surface area contributed by atoms with Crippen LogP contribution in [0.4, 0.5) is 0 Å². The average molecular weight is 433 g/mol. The maximum atomic E-state index is 12.0. The fourth-order valence-corrected chi connectivity index (χ4v) is 7.80. The molecule has 0 aromatic rings. The number of hydrogen-bond acceptors (Lipinski definition) is 6. The Hall–Kier alpha value is -1.69. The molecule has 0 saturated heterocycles. The lowest BCUT2D eigenvalue weighted by Crippen LogP contribution is -2.60. The van der Waals surface area contributed by atoms with Gasteiger partial charge in [-0.1, -0.05) is 19.4 Å². The molecule has 4 aliphatic carbocycles. The number of ether oxygens (including phenoxy) is 2. The van der Waals surface area contributed by atoms with Crippen LogP contribution >= 0.6 is 0 Å². The van der Waals surface area contributed by atoms with Crippen molar-refractivity contribution in [2.45, 2.75) is 90.8 Å². The number of esters is 2. The van der Waals surface area contributed by atoms with E-state index in [1.807, 2.05) is 6.08 Å². The Kier molecular flexibility index (Phi) is 5.60. The second-order valence-electron chi connectivity index (χ2n) is 10.8. The monoisotopic (exact) mass is 432 g/mol. The summed E-state index contributed by atoms with van der Waals surface area (Å²) in [6.45, 7) is 7.02. The van der Waals surface area contributed by atoms with Crippen LogP contribution in [0, 0.1) is 28.6 Å². The van der Waals surface area contributed by atoms with Crippen LogP contribution in [0.3, 0.4) is 0 Å². The van der Waals surface area contributed by atoms with Gasteiger partial charge in [0.25, 0.3) is 0 Å². The smallest absolute Gasteiger partial charge is 0.303 e. The molecular weight excluding hydrogens is 396 g/mol. The molecule has 0 spiro atoms. The third-order valence-electron chi connectivity index (χ3n) is 9.46. The Morgan fingerprint density at radius 1 is 1.06 bits per heavy atom. The highest BCUT2D eigenvalue weighted by Crippen LogP contribution is 2.68. The predicted molar refractivity (Wildman–Crippen MR) is 114 cm³/mol. The summed E-state index contributed by atoms with van der Waals surface area (Å²) in [5.41, 5.74) is -0.222. The Labute approximate surface area is 184 Å². The highest BCUT2D eigenvalue weighted by atomic mass is 16.6. The van der Waals surface area contributed by atoms with Crippen LogP contribution in [-0.2, 0) is 23.9 Å². The number of rotatable bonds is 4. The van der Waals surface area contributed by atoms with E-state index in [9.17, 15) is 19.5 Å². The topological polar surface area (TPSA) is 89.9 Å². The number of aliphatic hydroxyl groups is 1. The first kappa shape index (κ1) is 22.5. The molecule has 0 unspecified atom stereocenters. The molecule has 31 heavy (non-hydrogen) atoms. The Balaban J connectivity index is 1.63. The average Bonchev–Trinajstić information content (AvgIpc) is 2.97. The van der Waals surface area contributed by atoms with Gasteiger partial charge in [-0.05, 0) is 74.2 Å². The zero-order valence-corrected chi connectivity index (χ0v) is 19.2. The van der Waals surface area contributed by atoms with Gasteiger partial charge in [-0.2, -0.15) is 0 Å². The number of carbonyl (C=O) groups excluding carboxylic acids is 3. The molecule has 0 aromatic carbocycles. The molecule has 0 amide bonds. The van der Waals surface area contributed by atoms with E-state index in [2.05, 4.69) is 13.8 Å². The molecular formula is C25H36O6. The Morgan fingerprint density at radius 3 is 2.45 bits per heavy atom. The van der Waals surface area contributed by atoms with E-state index in [1.165, 1.54) is 19.4 Å². The van der Waals surface area contributed by atoms with Crippen LogP contribution < -0.4 is 0 Å². The first-order chi connectivity index (χ1) is 14.5. The van der Waals surface area contributed by atoms with Crippen LogP contribution in [0.15, 0.2) is 11.6 Å². The first-order valence-corrected chi connectivity index (χ1v) is 11.8. The van der Waals surface area contributed by atoms with Crippen molar-refractivity contribution in [3.8, 4) is 0 Å². The van der Waals surface area contributed by atoms with Gasteiger partial charge >= 0.3 is 11.9 Å². The minimum Gasteiger partial charge on any atom is -0.462 e. The number of fused-ring (bicyclic) bond motifs is 5. The van der Waals surface area contributed by atoms with Gasteiger partial charge < -0.3 is 14.6 Å². The van der Waals surface area contributed by atoms with Gasteiger partial charge in [0.2, 0.25) is 0 Å². The molecule has 4 aliphatic rings. The van der Waals surface area contributed by atoms with Crippen LogP contribution in [0.1, 0.15) is 79.1 Å². The molecule has 172 valence electrons. The first-order valence-electron chi connectivity index (χ1n) is 11.8. The second kappa shape index (κ2) is 7.72. The van der Waals surface area contributed by atoms with Gasteiger partial charge in [0, 0.05) is 25.7 Å². The van der Waals surface area contributed by atoms with E-state index < -0.39 is 29.1 Å². The molecule has 6 heteroatoms. The minimum absolute atomic E-state index is 0.0753. The van der Waals surface area contributed by atoms with Gasteiger partial charge in [-0.15, -0.1) is 0 Å². The maximum Gasteiger partial charge on any atom is 0.303 e. The quantitative estimate of drug-likeness (QED) is 0.681. The summed E-state index contributed by atoms with van der Waals surface area (Å²) >= 11 is 0. The van der Waals surface area contributed by atoms with Crippen molar-refractivity contribution in [2.24, 2.45) is 28.6 Å². The van der Waals surface area contributed by atoms with Gasteiger partial charge in [-0.3, -0.25) is 14.4 Å². The van der Waals surface area contributed by atoms with E-state index in [0.29, 0.717) is 30.6 Å². The van der Waals surface area contributed by atoms with Crippen molar-refractivity contribution in [1.82, 2.24) is 0 Å². The summed E-state index contributed by atoms with van der Waals surface area (Å²) in [5.74, 6) is 0.657. The predicted octanol–water partition coefficient (Wildman–Crippen LogP) is 3.74. The number of carbonyl (C=O) groups is 3. The van der Waals surface area contributed by atoms with E-state index in [4.69, 9.17) is 9.47 Å². The number of hydrogen-bond donors (Lipinski definition) is 1. The van der Waals surface area contributed by atoms with Crippen molar-refractivity contribution in [3.05, 3.63) is 11.6 Å². The van der Waals surface area contributed by atoms with Gasteiger partial charge in [0.15, 0.2) is 11.9 Å². The molecule has 0 bridgehead atoms. The Morgan fingerprint density at radius 2 is 1.77 bits per heavy atom. The summed E-state index contributed by atoms with van der Waals surface area (Å²) in [5, 5.41) is 12.0. The normalized spacial score (nSPS) is 42.5. The lowest BCUT2D eigenvalue weighted by Gasteiger charge is -2.59. The lowest BCUT2D eigenvalue weighted by atomic mass is 9.46. The van der Waals surface area contributed by atoms with Crippen molar-refractivity contribution in [1.29, 1.82) is 0 Å². The summed E-state index contributed by atoms with van der Waals surface area (Å²) in [6.07, 6.45) is 7.84. The molecule has 0 heterocycles. The summed E-state index contributed by atoms with van der Waals surface area (Å²) in [7, 11) is 0. The molecule has 7 atom stereocenters. The van der Waals surface area contributed by atoms with E-state index >= 15 is 0 Å². The number of ketones is 1. The number of allylic oxidation sites excluding steroid dienone is 1. The van der Waals surface area contributed by atoms with Crippen molar-refractivity contribution in [3.63, 3.8) is 0 Å². The molecule has 3 saturated carbocycles. The van der Waals surface area contributed by atoms with Gasteiger partial charge in [-0.25, -0.2) is 0 Å². The Bertz CT molecular complexity index is 817. The van der Waals surface area contributed by atoms with Crippen LogP contribution in [0.2, 0.25) is 0 Å². The molecule has 6 nitrogen and oxygen atoms in total. The largest absolute Gasteiger partial charge is 0.462 e. The van der Waals surface area contributed by atoms with Crippen LogP contribution in [0.25, 0.3) is 0 Å². The van der Waals surface area contributed by atoms with Crippen LogP contribution in [0.5, 0.6) is 0 Å². The zero-order valence-electron chi connectivity index (χ0n) is 19.2. The van der Waals surface area contributed by atoms with Crippen molar-refractivity contribution in [2.75, 3.05) is 6.61 Å². The SMILES string of the molecule is CC(=O)OC[C@@H](OC(C)=O)[C@]1(O)CC[C@H]2[C@@H]3CCC4=CC(=O)CC[C@]4(C)[C@H]3CC[C@@]21C. The fourth-order valence-electron chi connectivity index (χ4n) is 7.80. The second-order valence-corrected chi connectivity index (χ2v) is 10.8. The molecule has 1 N–H and O–H groups in total. The third-order valence-corrected chi connectivity index (χ3v) is 9.46.